The Hall–Kier alpha value is -1.84. The van der Waals surface area contributed by atoms with E-state index < -0.39 is 5.91 Å². The number of fused-ring (bicyclic) bond motifs is 1. The summed E-state index contributed by atoms with van der Waals surface area (Å²) in [6.45, 7) is 1.85. The average molecular weight is 175 g/mol. The number of H-pyrrole nitrogens is 1. The standard InChI is InChI=1S/C9H9N3O/c1-5-6-3-2-4-11-9(6)12-7(5)8(10)13/h2-4H,1H3,(H2,10,13)(H,11,12). The zero-order valence-electron chi connectivity index (χ0n) is 7.16. The zero-order chi connectivity index (χ0) is 9.42. The van der Waals surface area contributed by atoms with E-state index in [1.807, 2.05) is 19.1 Å². The van der Waals surface area contributed by atoms with Gasteiger partial charge in [-0.1, -0.05) is 0 Å². The summed E-state index contributed by atoms with van der Waals surface area (Å²) in [6, 6.07) is 3.73. The third kappa shape index (κ3) is 1.07. The molecule has 13 heavy (non-hydrogen) atoms. The van der Waals surface area contributed by atoms with Gasteiger partial charge >= 0.3 is 0 Å². The van der Waals surface area contributed by atoms with E-state index in [-0.39, 0.29) is 0 Å². The maximum atomic E-state index is 11.0. The molecule has 2 heterocycles. The minimum atomic E-state index is -0.449. The molecule has 0 spiro atoms. The van der Waals surface area contributed by atoms with Gasteiger partial charge in [0.15, 0.2) is 0 Å². The van der Waals surface area contributed by atoms with E-state index in [4.69, 9.17) is 5.73 Å². The molecule has 0 saturated carbocycles. The van der Waals surface area contributed by atoms with Crippen molar-refractivity contribution in [3.05, 3.63) is 29.6 Å². The van der Waals surface area contributed by atoms with Crippen LogP contribution in [0, 0.1) is 6.92 Å². The molecule has 1 amide bonds. The molecule has 0 saturated heterocycles. The number of nitrogens with two attached hydrogens (primary N) is 1. The van der Waals surface area contributed by atoms with Crippen LogP contribution in [0.3, 0.4) is 0 Å². The SMILES string of the molecule is Cc1c(C(N)=O)[nH]c2ncccc12. The molecular weight excluding hydrogens is 166 g/mol. The number of hydrogen-bond acceptors (Lipinski definition) is 2. The van der Waals surface area contributed by atoms with E-state index in [2.05, 4.69) is 9.97 Å². The molecule has 0 radical (unpaired) electrons. The molecule has 0 aliphatic carbocycles. The number of nitrogens with one attached hydrogen (secondary N) is 1. The number of aromatic amines is 1. The van der Waals surface area contributed by atoms with Gasteiger partial charge in [0.25, 0.3) is 5.91 Å². The van der Waals surface area contributed by atoms with Gasteiger partial charge in [0, 0.05) is 11.6 Å². The molecule has 0 aromatic carbocycles. The van der Waals surface area contributed by atoms with Crippen LogP contribution in [0.4, 0.5) is 0 Å². The molecule has 2 rings (SSSR count). The molecule has 0 atom stereocenters. The highest BCUT2D eigenvalue weighted by Gasteiger charge is 2.11. The van der Waals surface area contributed by atoms with E-state index >= 15 is 0 Å². The first-order valence-corrected chi connectivity index (χ1v) is 3.93. The Morgan fingerprint density at radius 2 is 2.38 bits per heavy atom. The van der Waals surface area contributed by atoms with Crippen LogP contribution in [0.15, 0.2) is 18.3 Å². The maximum absolute atomic E-state index is 11.0. The highest BCUT2D eigenvalue weighted by atomic mass is 16.1. The topological polar surface area (TPSA) is 71.8 Å². The Morgan fingerprint density at radius 3 is 3.00 bits per heavy atom. The van der Waals surface area contributed by atoms with Gasteiger partial charge in [0.05, 0.1) is 0 Å². The predicted octanol–water partition coefficient (Wildman–Crippen LogP) is 0.970. The van der Waals surface area contributed by atoms with E-state index in [0.29, 0.717) is 11.3 Å². The molecule has 4 heteroatoms. The zero-order valence-corrected chi connectivity index (χ0v) is 7.16. The van der Waals surface area contributed by atoms with Crippen molar-refractivity contribution in [1.82, 2.24) is 9.97 Å². The molecule has 3 N–H and O–H groups in total. The van der Waals surface area contributed by atoms with Crippen molar-refractivity contribution in [1.29, 1.82) is 0 Å². The van der Waals surface area contributed by atoms with Crippen LogP contribution in [-0.4, -0.2) is 15.9 Å². The van der Waals surface area contributed by atoms with Crippen molar-refractivity contribution >= 4 is 16.9 Å². The van der Waals surface area contributed by atoms with E-state index in [1.165, 1.54) is 0 Å². The smallest absolute Gasteiger partial charge is 0.265 e. The summed E-state index contributed by atoms with van der Waals surface area (Å²) >= 11 is 0. The summed E-state index contributed by atoms with van der Waals surface area (Å²) in [5.41, 5.74) is 7.18. The highest BCUT2D eigenvalue weighted by molar-refractivity contribution is 5.98. The van der Waals surface area contributed by atoms with Gasteiger partial charge in [-0.05, 0) is 24.6 Å². The lowest BCUT2D eigenvalue weighted by molar-refractivity contribution is 0.0996. The van der Waals surface area contributed by atoms with Crippen LogP contribution in [0.25, 0.3) is 11.0 Å². The summed E-state index contributed by atoms with van der Waals surface area (Å²) in [5, 5.41) is 0.941. The number of amides is 1. The second-order valence-electron chi connectivity index (χ2n) is 2.89. The van der Waals surface area contributed by atoms with E-state index in [0.717, 1.165) is 10.9 Å². The van der Waals surface area contributed by atoms with Crippen molar-refractivity contribution in [3.63, 3.8) is 0 Å². The molecule has 4 nitrogen and oxygen atoms in total. The van der Waals surface area contributed by atoms with Crippen LogP contribution in [0.2, 0.25) is 0 Å². The third-order valence-corrected chi connectivity index (χ3v) is 2.08. The third-order valence-electron chi connectivity index (χ3n) is 2.08. The largest absolute Gasteiger partial charge is 0.364 e. The van der Waals surface area contributed by atoms with Gasteiger partial charge in [-0.3, -0.25) is 4.79 Å². The quantitative estimate of drug-likeness (QED) is 0.677. The fourth-order valence-corrected chi connectivity index (χ4v) is 1.40. The summed E-state index contributed by atoms with van der Waals surface area (Å²) in [7, 11) is 0. The van der Waals surface area contributed by atoms with Crippen molar-refractivity contribution in [2.75, 3.05) is 0 Å². The second kappa shape index (κ2) is 2.58. The van der Waals surface area contributed by atoms with Gasteiger partial charge < -0.3 is 10.7 Å². The van der Waals surface area contributed by atoms with Crippen LogP contribution in [0.5, 0.6) is 0 Å². The van der Waals surface area contributed by atoms with Gasteiger partial charge in [-0.25, -0.2) is 4.98 Å². The first-order chi connectivity index (χ1) is 6.20. The summed E-state index contributed by atoms with van der Waals surface area (Å²) in [6.07, 6.45) is 1.67. The molecule has 0 aliphatic rings. The van der Waals surface area contributed by atoms with E-state index in [1.54, 1.807) is 6.20 Å². The minimum absolute atomic E-state index is 0.439. The Morgan fingerprint density at radius 1 is 1.62 bits per heavy atom. The molecule has 0 bridgehead atoms. The molecule has 0 fully saturated rings. The molecule has 66 valence electrons. The first kappa shape index (κ1) is 7.79. The van der Waals surface area contributed by atoms with Crippen molar-refractivity contribution < 1.29 is 4.79 Å². The predicted molar refractivity (Wildman–Crippen MR) is 49.3 cm³/mol. The van der Waals surface area contributed by atoms with Gasteiger partial charge in [-0.2, -0.15) is 0 Å². The number of aryl methyl sites for hydroxylation is 1. The molecular formula is C9H9N3O. The second-order valence-corrected chi connectivity index (χ2v) is 2.89. The summed E-state index contributed by atoms with van der Waals surface area (Å²) in [4.78, 5) is 17.9. The highest BCUT2D eigenvalue weighted by Crippen LogP contribution is 2.18. The molecule has 0 unspecified atom stereocenters. The number of carbonyl (C=O) groups excluding carboxylic acids is 1. The number of nitrogens with zero attached hydrogens (tertiary/aromatic N) is 1. The number of pyridine rings is 1. The summed E-state index contributed by atoms with van der Waals surface area (Å²) < 4.78 is 0. The van der Waals surface area contributed by atoms with E-state index in [9.17, 15) is 4.79 Å². The van der Waals surface area contributed by atoms with Crippen molar-refractivity contribution in [3.8, 4) is 0 Å². The Kier molecular flexibility index (Phi) is 1.55. The fraction of sp³-hybridized carbons (Fsp3) is 0.111. The Labute approximate surface area is 74.8 Å². The van der Waals surface area contributed by atoms with Crippen LogP contribution in [-0.2, 0) is 0 Å². The normalized spacial score (nSPS) is 10.5. The number of aromatic nitrogens is 2. The lowest BCUT2D eigenvalue weighted by Crippen LogP contribution is -2.12. The molecule has 0 aliphatic heterocycles. The first-order valence-electron chi connectivity index (χ1n) is 3.93. The molecule has 2 aromatic heterocycles. The number of rotatable bonds is 1. The van der Waals surface area contributed by atoms with Crippen molar-refractivity contribution in [2.45, 2.75) is 6.92 Å². The summed E-state index contributed by atoms with van der Waals surface area (Å²) in [5.74, 6) is -0.449. The number of hydrogen-bond donors (Lipinski definition) is 2. The Bertz CT molecular complexity index is 473. The fourth-order valence-electron chi connectivity index (χ4n) is 1.40. The lowest BCUT2D eigenvalue weighted by atomic mass is 10.2. The van der Waals surface area contributed by atoms with Gasteiger partial charge in [-0.15, -0.1) is 0 Å². The maximum Gasteiger partial charge on any atom is 0.265 e. The Balaban J connectivity index is 2.81. The van der Waals surface area contributed by atoms with Gasteiger partial charge in [0.2, 0.25) is 0 Å². The van der Waals surface area contributed by atoms with Gasteiger partial charge in [0.1, 0.15) is 11.3 Å². The number of primary amides is 1. The lowest BCUT2D eigenvalue weighted by Gasteiger charge is -1.90. The van der Waals surface area contributed by atoms with Crippen molar-refractivity contribution in [2.24, 2.45) is 5.73 Å². The molecule has 2 aromatic rings. The van der Waals surface area contributed by atoms with Crippen LogP contribution < -0.4 is 5.73 Å². The minimum Gasteiger partial charge on any atom is -0.364 e. The number of carbonyl (C=O) groups is 1. The van der Waals surface area contributed by atoms with Crippen LogP contribution in [0.1, 0.15) is 16.1 Å². The average Bonchev–Trinajstić information content (AvgIpc) is 2.45. The monoisotopic (exact) mass is 175 g/mol. The van der Waals surface area contributed by atoms with Crippen LogP contribution >= 0.6 is 0 Å².